The fourth-order valence-electron chi connectivity index (χ4n) is 2.04. The smallest absolute Gasteiger partial charge is 0.345 e. The lowest BCUT2D eigenvalue weighted by Crippen LogP contribution is -2.15. The van der Waals surface area contributed by atoms with Gasteiger partial charge in [-0.3, -0.25) is 0 Å². The largest absolute Gasteiger partial charge is 0.488 e. The summed E-state index contributed by atoms with van der Waals surface area (Å²) in [6.07, 6.45) is 1.40. The molecule has 0 saturated carbocycles. The third kappa shape index (κ3) is 4.46. The third-order valence-corrected chi connectivity index (χ3v) is 3.27. The van der Waals surface area contributed by atoms with Gasteiger partial charge in [0.1, 0.15) is 17.9 Å². The molecule has 0 bridgehead atoms. The molecule has 0 amide bonds. The van der Waals surface area contributed by atoms with Crippen molar-refractivity contribution in [3.63, 3.8) is 0 Å². The molecule has 0 spiro atoms. The molecule has 0 fully saturated rings. The van der Waals surface area contributed by atoms with Crippen molar-refractivity contribution in [3.8, 4) is 5.75 Å². The predicted molar refractivity (Wildman–Crippen MR) is 89.2 cm³/mol. The second kappa shape index (κ2) is 8.53. The average molecular weight is 326 g/mol. The summed E-state index contributed by atoms with van der Waals surface area (Å²) in [6, 6.07) is 16.8. The van der Waals surface area contributed by atoms with Crippen molar-refractivity contribution >= 4 is 18.0 Å². The molecule has 0 aromatic heterocycles. The van der Waals surface area contributed by atoms with Crippen LogP contribution in [0.15, 0.2) is 60.2 Å². The highest BCUT2D eigenvalue weighted by atomic mass is 16.5. The molecule has 2 aromatic carbocycles. The molecule has 0 saturated heterocycles. The molecule has 24 heavy (non-hydrogen) atoms. The summed E-state index contributed by atoms with van der Waals surface area (Å²) in [4.78, 5) is 23.6. The van der Waals surface area contributed by atoms with E-state index in [0.29, 0.717) is 17.9 Å². The Hall–Kier alpha value is -3.08. The summed E-state index contributed by atoms with van der Waals surface area (Å²) in [6.45, 7) is 0.372. The van der Waals surface area contributed by atoms with Crippen LogP contribution < -0.4 is 4.74 Å². The van der Waals surface area contributed by atoms with Gasteiger partial charge in [-0.25, -0.2) is 9.59 Å². The zero-order chi connectivity index (χ0) is 17.4. The molecule has 5 heteroatoms. The monoisotopic (exact) mass is 326 g/mol. The Balaban J connectivity index is 2.28. The number of benzene rings is 2. The molecule has 0 aliphatic rings. The lowest BCUT2D eigenvalue weighted by atomic mass is 10.1. The van der Waals surface area contributed by atoms with E-state index in [0.717, 1.165) is 5.56 Å². The van der Waals surface area contributed by atoms with Gasteiger partial charge in [-0.2, -0.15) is 0 Å². The van der Waals surface area contributed by atoms with Gasteiger partial charge >= 0.3 is 11.9 Å². The zero-order valence-electron chi connectivity index (χ0n) is 13.5. The first-order valence-corrected chi connectivity index (χ1v) is 7.29. The Bertz CT molecular complexity index is 716. The van der Waals surface area contributed by atoms with Crippen molar-refractivity contribution in [2.45, 2.75) is 6.61 Å². The van der Waals surface area contributed by atoms with Crippen molar-refractivity contribution in [1.82, 2.24) is 0 Å². The molecule has 0 aliphatic carbocycles. The SMILES string of the molecule is COC(=O)C(=Cc1ccccc1OCc1ccccc1)C(=O)OC. The lowest BCUT2D eigenvalue weighted by molar-refractivity contribution is -0.143. The van der Waals surface area contributed by atoms with Gasteiger partial charge in [-0.1, -0.05) is 48.5 Å². The van der Waals surface area contributed by atoms with Crippen LogP contribution in [0.5, 0.6) is 5.75 Å². The Morgan fingerprint density at radius 3 is 2.08 bits per heavy atom. The van der Waals surface area contributed by atoms with Crippen LogP contribution in [0.3, 0.4) is 0 Å². The molecule has 0 unspecified atom stereocenters. The fraction of sp³-hybridized carbons (Fsp3) is 0.158. The van der Waals surface area contributed by atoms with E-state index in [1.54, 1.807) is 18.2 Å². The van der Waals surface area contributed by atoms with Gasteiger partial charge in [0, 0.05) is 5.56 Å². The standard InChI is InChI=1S/C19H18O5/c1-22-18(20)16(19(21)23-2)12-15-10-6-7-11-17(15)24-13-14-8-4-3-5-9-14/h3-12H,13H2,1-2H3. The number of carbonyl (C=O) groups is 2. The fourth-order valence-corrected chi connectivity index (χ4v) is 2.04. The van der Waals surface area contributed by atoms with Crippen LogP contribution in [0.4, 0.5) is 0 Å². The summed E-state index contributed by atoms with van der Waals surface area (Å²) in [5, 5.41) is 0. The number of ether oxygens (including phenoxy) is 3. The number of rotatable bonds is 6. The van der Waals surface area contributed by atoms with Gasteiger partial charge in [-0.05, 0) is 17.7 Å². The summed E-state index contributed by atoms with van der Waals surface area (Å²) in [7, 11) is 2.41. The molecule has 0 N–H and O–H groups in total. The average Bonchev–Trinajstić information content (AvgIpc) is 2.64. The van der Waals surface area contributed by atoms with Crippen LogP contribution >= 0.6 is 0 Å². The van der Waals surface area contributed by atoms with Gasteiger partial charge in [0.05, 0.1) is 14.2 Å². The summed E-state index contributed by atoms with van der Waals surface area (Å²) in [5.41, 5.74) is 1.40. The van der Waals surface area contributed by atoms with E-state index in [1.807, 2.05) is 36.4 Å². The van der Waals surface area contributed by atoms with Crippen molar-refractivity contribution < 1.29 is 23.8 Å². The number of para-hydroxylation sites is 1. The number of carbonyl (C=O) groups excluding carboxylic acids is 2. The van der Waals surface area contributed by atoms with E-state index >= 15 is 0 Å². The number of esters is 2. The maximum atomic E-state index is 11.8. The van der Waals surface area contributed by atoms with Gasteiger partial charge in [-0.15, -0.1) is 0 Å². The number of hydrogen-bond donors (Lipinski definition) is 0. The Labute approximate surface area is 140 Å². The first-order valence-electron chi connectivity index (χ1n) is 7.29. The molecule has 0 atom stereocenters. The third-order valence-electron chi connectivity index (χ3n) is 3.27. The van der Waals surface area contributed by atoms with Gasteiger partial charge < -0.3 is 14.2 Å². The molecule has 5 nitrogen and oxygen atoms in total. The van der Waals surface area contributed by atoms with Crippen molar-refractivity contribution in [3.05, 3.63) is 71.3 Å². The van der Waals surface area contributed by atoms with Crippen LogP contribution in [0.2, 0.25) is 0 Å². The maximum Gasteiger partial charge on any atom is 0.345 e. The normalized spacial score (nSPS) is 9.75. The van der Waals surface area contributed by atoms with E-state index in [1.165, 1.54) is 20.3 Å². The topological polar surface area (TPSA) is 61.8 Å². The predicted octanol–water partition coefficient (Wildman–Crippen LogP) is 3.00. The van der Waals surface area contributed by atoms with Crippen LogP contribution in [0, 0.1) is 0 Å². The second-order valence-corrected chi connectivity index (χ2v) is 4.85. The molecular weight excluding hydrogens is 308 g/mol. The zero-order valence-corrected chi connectivity index (χ0v) is 13.5. The maximum absolute atomic E-state index is 11.8. The van der Waals surface area contributed by atoms with Gasteiger partial charge in [0.25, 0.3) is 0 Å². The van der Waals surface area contributed by atoms with Gasteiger partial charge in [0.15, 0.2) is 0 Å². The van der Waals surface area contributed by atoms with E-state index in [9.17, 15) is 9.59 Å². The van der Waals surface area contributed by atoms with E-state index in [4.69, 9.17) is 4.74 Å². The van der Waals surface area contributed by atoms with Crippen LogP contribution in [-0.2, 0) is 25.7 Å². The number of hydrogen-bond acceptors (Lipinski definition) is 5. The molecule has 2 rings (SSSR count). The van der Waals surface area contributed by atoms with Crippen molar-refractivity contribution in [2.75, 3.05) is 14.2 Å². The highest BCUT2D eigenvalue weighted by Crippen LogP contribution is 2.23. The minimum Gasteiger partial charge on any atom is -0.488 e. The van der Waals surface area contributed by atoms with Crippen LogP contribution in [-0.4, -0.2) is 26.2 Å². The molecule has 0 aliphatic heterocycles. The van der Waals surface area contributed by atoms with Crippen molar-refractivity contribution in [1.29, 1.82) is 0 Å². The van der Waals surface area contributed by atoms with Crippen LogP contribution in [0.1, 0.15) is 11.1 Å². The van der Waals surface area contributed by atoms with E-state index in [2.05, 4.69) is 9.47 Å². The Morgan fingerprint density at radius 2 is 1.46 bits per heavy atom. The van der Waals surface area contributed by atoms with E-state index in [-0.39, 0.29) is 5.57 Å². The molecule has 124 valence electrons. The van der Waals surface area contributed by atoms with Crippen LogP contribution in [0.25, 0.3) is 6.08 Å². The Kier molecular flexibility index (Phi) is 6.14. The summed E-state index contributed by atoms with van der Waals surface area (Å²) < 4.78 is 15.1. The first-order chi connectivity index (χ1) is 11.7. The highest BCUT2D eigenvalue weighted by molar-refractivity contribution is 6.17. The quantitative estimate of drug-likeness (QED) is 0.353. The summed E-state index contributed by atoms with van der Waals surface area (Å²) in [5.74, 6) is -0.980. The minimum atomic E-state index is -0.764. The molecule has 0 radical (unpaired) electrons. The second-order valence-electron chi connectivity index (χ2n) is 4.85. The molecule has 0 heterocycles. The number of methoxy groups -OCH3 is 2. The van der Waals surface area contributed by atoms with E-state index < -0.39 is 11.9 Å². The molecular formula is C19H18O5. The lowest BCUT2D eigenvalue weighted by Gasteiger charge is -2.10. The highest BCUT2D eigenvalue weighted by Gasteiger charge is 2.20. The summed E-state index contributed by atoms with van der Waals surface area (Å²) >= 11 is 0. The van der Waals surface area contributed by atoms with Crippen molar-refractivity contribution in [2.24, 2.45) is 0 Å². The van der Waals surface area contributed by atoms with Gasteiger partial charge in [0.2, 0.25) is 0 Å². The Morgan fingerprint density at radius 1 is 0.875 bits per heavy atom. The first kappa shape index (κ1) is 17.3. The minimum absolute atomic E-state index is 0.198. The molecule has 2 aromatic rings.